The molecule has 13 heteroatoms. The molecule has 12 nitrogen and oxygen atoms in total. The molecule has 1 aromatic carbocycles. The second-order valence-electron chi connectivity index (χ2n) is 8.60. The highest BCUT2D eigenvalue weighted by molar-refractivity contribution is 6.44. The molecule has 1 aliphatic carbocycles. The number of benzene rings is 1. The number of likely N-dealkylation sites (tertiary alicyclic amines) is 1. The van der Waals surface area contributed by atoms with Gasteiger partial charge in [-0.2, -0.15) is 0 Å². The zero-order chi connectivity index (χ0) is 23.8. The van der Waals surface area contributed by atoms with Crippen LogP contribution in [0.3, 0.4) is 0 Å². The highest BCUT2D eigenvalue weighted by atomic mass is 16.5. The summed E-state index contributed by atoms with van der Waals surface area (Å²) in [6.45, 7) is 2.14. The maximum atomic E-state index is 12.1. The van der Waals surface area contributed by atoms with E-state index in [4.69, 9.17) is 16.2 Å². The zero-order valence-corrected chi connectivity index (χ0v) is 17.5. The number of carbonyl (C=O) groups is 3. The van der Waals surface area contributed by atoms with Crippen molar-refractivity contribution in [3.63, 3.8) is 0 Å². The van der Waals surface area contributed by atoms with E-state index in [1.165, 1.54) is 19.1 Å². The summed E-state index contributed by atoms with van der Waals surface area (Å²) in [5, 5.41) is 41.0. The van der Waals surface area contributed by atoms with Gasteiger partial charge in [-0.25, -0.2) is 4.79 Å². The lowest BCUT2D eigenvalue weighted by atomic mass is 9.81. The van der Waals surface area contributed by atoms with Gasteiger partial charge in [-0.15, -0.1) is 0 Å². The molecule has 3 atom stereocenters. The van der Waals surface area contributed by atoms with Gasteiger partial charge in [0.25, 0.3) is 0 Å². The van der Waals surface area contributed by atoms with Gasteiger partial charge in [0.05, 0.1) is 6.54 Å². The molecule has 3 rings (SSSR count). The van der Waals surface area contributed by atoms with Crippen molar-refractivity contribution in [3.8, 4) is 11.5 Å². The van der Waals surface area contributed by atoms with Gasteiger partial charge >= 0.3 is 13.1 Å². The van der Waals surface area contributed by atoms with Crippen LogP contribution in [-0.2, 0) is 9.59 Å². The predicted octanol–water partition coefficient (Wildman–Crippen LogP) is -2.20. The number of hydrogen-bond donors (Lipinski definition) is 7. The average Bonchev–Trinajstić information content (AvgIpc) is 3.44. The summed E-state index contributed by atoms with van der Waals surface area (Å²) in [7, 11) is -1.53. The van der Waals surface area contributed by atoms with Crippen molar-refractivity contribution < 1.29 is 39.4 Å². The van der Waals surface area contributed by atoms with Gasteiger partial charge in [-0.3, -0.25) is 14.5 Å². The largest absolute Gasteiger partial charge is 0.507 e. The molecule has 0 radical (unpaired) electrons. The molecule has 174 valence electrons. The summed E-state index contributed by atoms with van der Waals surface area (Å²) >= 11 is 0. The molecule has 1 aliphatic heterocycles. The van der Waals surface area contributed by atoms with Gasteiger partial charge in [0.1, 0.15) is 28.7 Å². The number of nitrogens with one attached hydrogen (secondary N) is 1. The van der Waals surface area contributed by atoms with Crippen LogP contribution in [-0.4, -0.2) is 87.9 Å². The Balaban J connectivity index is 1.60. The van der Waals surface area contributed by atoms with Crippen molar-refractivity contribution in [1.29, 1.82) is 0 Å². The van der Waals surface area contributed by atoms with Gasteiger partial charge in [0.2, 0.25) is 11.8 Å². The minimum Gasteiger partial charge on any atom is -0.507 e. The summed E-state index contributed by atoms with van der Waals surface area (Å²) in [6.07, 6.45) is 0.0585. The normalized spacial score (nSPS) is 22.4. The van der Waals surface area contributed by atoms with Gasteiger partial charge < -0.3 is 41.8 Å². The number of carboxylic acid groups (broad SMARTS) is 1. The van der Waals surface area contributed by atoms with E-state index in [0.29, 0.717) is 25.1 Å². The molecule has 0 spiro atoms. The zero-order valence-electron chi connectivity index (χ0n) is 17.5. The third-order valence-corrected chi connectivity index (χ3v) is 5.72. The first-order valence-electron chi connectivity index (χ1n) is 10.1. The van der Waals surface area contributed by atoms with E-state index in [-0.39, 0.29) is 36.4 Å². The molecule has 1 saturated heterocycles. The van der Waals surface area contributed by atoms with Crippen molar-refractivity contribution in [3.05, 3.63) is 23.3 Å². The SMILES string of the molecule is C[C@@](N)(CN1CC(Oc2ccc([C@H]3C[C@H]3B(O)O)c(O)c2C(=O)O)C1)C(=O)NCC(N)=O. The van der Waals surface area contributed by atoms with Gasteiger partial charge in [0, 0.05) is 25.5 Å². The maximum Gasteiger partial charge on any atom is 0.455 e. The van der Waals surface area contributed by atoms with E-state index < -0.39 is 42.0 Å². The van der Waals surface area contributed by atoms with E-state index in [1.807, 2.05) is 4.90 Å². The Morgan fingerprint density at radius 2 is 1.97 bits per heavy atom. The Hall–Kier alpha value is -2.87. The monoisotopic (exact) mass is 450 g/mol. The molecule has 2 fully saturated rings. The molecule has 0 aromatic heterocycles. The number of carboxylic acids is 1. The molecule has 2 amide bonds. The number of ether oxygens (including phenoxy) is 1. The standard InChI is InChI=1S/C19H27BN4O8/c1-19(22,18(29)23-5-14(21)25)8-24-6-9(7-24)32-13-3-2-10(11-4-12(11)20(30)31)16(26)15(13)17(27)28/h2-3,9,11-12,26,30-31H,4-8,22H2,1H3,(H2,21,25)(H,23,29)(H,27,28)/t11-,12-,19-/m1/s1. The quantitative estimate of drug-likeness (QED) is 0.191. The van der Waals surface area contributed by atoms with E-state index in [9.17, 15) is 34.6 Å². The Morgan fingerprint density at radius 1 is 1.31 bits per heavy atom. The van der Waals surface area contributed by atoms with Crippen molar-refractivity contribution in [2.24, 2.45) is 11.5 Å². The Kier molecular flexibility index (Phi) is 6.65. The van der Waals surface area contributed by atoms with Crippen LogP contribution in [0.15, 0.2) is 12.1 Å². The van der Waals surface area contributed by atoms with Crippen molar-refractivity contribution >= 4 is 24.9 Å². The first-order chi connectivity index (χ1) is 14.9. The number of nitrogens with two attached hydrogens (primary N) is 2. The first kappa shape index (κ1) is 23.8. The summed E-state index contributed by atoms with van der Waals surface area (Å²) in [5.74, 6) is -3.79. The van der Waals surface area contributed by atoms with E-state index in [1.54, 1.807) is 0 Å². The van der Waals surface area contributed by atoms with E-state index >= 15 is 0 Å². The number of hydrogen-bond acceptors (Lipinski definition) is 9. The number of phenols is 1. The first-order valence-corrected chi connectivity index (χ1v) is 10.1. The summed E-state index contributed by atoms with van der Waals surface area (Å²) < 4.78 is 5.75. The fraction of sp³-hybridized carbons (Fsp3) is 0.526. The lowest BCUT2D eigenvalue weighted by Crippen LogP contribution is -2.64. The van der Waals surface area contributed by atoms with Crippen LogP contribution in [0.1, 0.15) is 35.2 Å². The highest BCUT2D eigenvalue weighted by Crippen LogP contribution is 2.56. The van der Waals surface area contributed by atoms with E-state index in [0.717, 1.165) is 0 Å². The predicted molar refractivity (Wildman–Crippen MR) is 112 cm³/mol. The number of primary amides is 1. The number of aromatic carboxylic acids is 1. The van der Waals surface area contributed by atoms with E-state index in [2.05, 4.69) is 5.32 Å². The Bertz CT molecular complexity index is 919. The van der Waals surface area contributed by atoms with Crippen molar-refractivity contribution in [2.45, 2.75) is 36.7 Å². The van der Waals surface area contributed by atoms with Crippen molar-refractivity contribution in [1.82, 2.24) is 10.2 Å². The maximum absolute atomic E-state index is 12.1. The van der Waals surface area contributed by atoms with Crippen molar-refractivity contribution in [2.75, 3.05) is 26.2 Å². The molecule has 9 N–H and O–H groups in total. The molecular formula is C19H27BN4O8. The van der Waals surface area contributed by atoms with Crippen LogP contribution >= 0.6 is 0 Å². The van der Waals surface area contributed by atoms with Gasteiger partial charge in [-0.1, -0.05) is 6.07 Å². The van der Waals surface area contributed by atoms with Crippen LogP contribution in [0, 0.1) is 0 Å². The number of amides is 2. The van der Waals surface area contributed by atoms with Crippen LogP contribution in [0.2, 0.25) is 5.82 Å². The van der Waals surface area contributed by atoms with Crippen LogP contribution < -0.4 is 21.5 Å². The minimum absolute atomic E-state index is 0.000131. The molecule has 1 saturated carbocycles. The third kappa shape index (κ3) is 5.13. The summed E-state index contributed by atoms with van der Waals surface area (Å²) in [6, 6.07) is 2.98. The fourth-order valence-corrected chi connectivity index (χ4v) is 3.91. The second-order valence-corrected chi connectivity index (χ2v) is 8.60. The molecule has 2 aliphatic rings. The third-order valence-electron chi connectivity index (χ3n) is 5.72. The highest BCUT2D eigenvalue weighted by Gasteiger charge is 2.48. The fourth-order valence-electron chi connectivity index (χ4n) is 3.91. The molecule has 1 heterocycles. The van der Waals surface area contributed by atoms with Gasteiger partial charge in [-0.05, 0) is 30.9 Å². The van der Waals surface area contributed by atoms with Crippen LogP contribution in [0.4, 0.5) is 0 Å². The summed E-state index contributed by atoms with van der Waals surface area (Å²) in [5.41, 5.74) is 9.72. The average molecular weight is 450 g/mol. The van der Waals surface area contributed by atoms with Gasteiger partial charge in [0.15, 0.2) is 0 Å². The number of rotatable bonds is 10. The number of nitrogens with zero attached hydrogens (tertiary/aromatic N) is 1. The summed E-state index contributed by atoms with van der Waals surface area (Å²) in [4.78, 5) is 36.5. The van der Waals surface area contributed by atoms with Crippen LogP contribution in [0.5, 0.6) is 11.5 Å². The molecule has 0 bridgehead atoms. The topological polar surface area (TPSA) is 209 Å². The molecule has 0 unspecified atom stereocenters. The minimum atomic E-state index is -1.53. The smallest absolute Gasteiger partial charge is 0.455 e. The number of carbonyl (C=O) groups excluding carboxylic acids is 2. The Morgan fingerprint density at radius 3 is 2.50 bits per heavy atom. The molecule has 1 aromatic rings. The second kappa shape index (κ2) is 8.94. The lowest BCUT2D eigenvalue weighted by molar-refractivity contribution is -0.129. The van der Waals surface area contributed by atoms with Crippen LogP contribution in [0.25, 0.3) is 0 Å². The lowest BCUT2D eigenvalue weighted by Gasteiger charge is -2.42. The Labute approximate surface area is 184 Å². The molecule has 32 heavy (non-hydrogen) atoms. The molecular weight excluding hydrogens is 423 g/mol. The number of aromatic hydroxyl groups is 1.